The molecular weight excluding hydrogens is 580 g/mol. The summed E-state index contributed by atoms with van der Waals surface area (Å²) < 4.78 is 49.3. The number of para-hydroxylation sites is 1. The molecule has 0 aliphatic carbocycles. The second-order valence-electron chi connectivity index (χ2n) is 10.8. The van der Waals surface area contributed by atoms with Crippen LogP contribution in [0, 0.1) is 0 Å². The molecule has 3 aromatic rings. The zero-order chi connectivity index (χ0) is 29.7. The van der Waals surface area contributed by atoms with Gasteiger partial charge in [-0.05, 0) is 53.6 Å². The molecule has 42 heavy (non-hydrogen) atoms. The standard InChI is InChI=1S/C31H35ClN2O7S/c1-38-25-10-7-22(8-11-25)20-39-26(21-40-29-6-4-3-5-27(29)30(35)33-42(2,36)37)19-34-15-13-31(14-16-34)18-23-17-24(32)9-12-28(23)41-31/h3-12,17,26H,13-16,18-21H2,1-2H3,(H,33,35)/t26-/m1/s1. The van der Waals surface area contributed by atoms with E-state index in [2.05, 4.69) is 4.90 Å². The second kappa shape index (κ2) is 12.9. The fourth-order valence-corrected chi connectivity index (χ4v) is 6.03. The van der Waals surface area contributed by atoms with Gasteiger partial charge in [0.25, 0.3) is 5.91 Å². The Bertz CT molecular complexity index is 1510. The maximum Gasteiger partial charge on any atom is 0.268 e. The summed E-state index contributed by atoms with van der Waals surface area (Å²) in [5.74, 6) is 1.22. The van der Waals surface area contributed by atoms with Crippen molar-refractivity contribution in [3.8, 4) is 17.2 Å². The summed E-state index contributed by atoms with van der Waals surface area (Å²) in [6.07, 6.45) is 3.21. The number of ether oxygens (including phenoxy) is 4. The minimum atomic E-state index is -3.72. The Hall–Kier alpha value is -3.31. The van der Waals surface area contributed by atoms with Crippen LogP contribution in [-0.2, 0) is 27.8 Å². The highest BCUT2D eigenvalue weighted by Gasteiger charge is 2.42. The first-order valence-electron chi connectivity index (χ1n) is 13.8. The van der Waals surface area contributed by atoms with E-state index in [9.17, 15) is 13.2 Å². The number of methoxy groups -OCH3 is 1. The summed E-state index contributed by atoms with van der Waals surface area (Å²) in [6, 6.07) is 20.0. The Balaban J connectivity index is 1.24. The monoisotopic (exact) mass is 614 g/mol. The average Bonchev–Trinajstić information content (AvgIpc) is 3.32. The summed E-state index contributed by atoms with van der Waals surface area (Å²) in [4.78, 5) is 14.9. The minimum absolute atomic E-state index is 0.134. The number of hydrogen-bond donors (Lipinski definition) is 1. The van der Waals surface area contributed by atoms with Gasteiger partial charge in [-0.25, -0.2) is 13.1 Å². The second-order valence-corrected chi connectivity index (χ2v) is 13.0. The van der Waals surface area contributed by atoms with E-state index in [1.165, 1.54) is 6.07 Å². The van der Waals surface area contributed by atoms with E-state index >= 15 is 0 Å². The van der Waals surface area contributed by atoms with Gasteiger partial charge in [0.2, 0.25) is 10.0 Å². The molecule has 0 saturated carbocycles. The lowest BCUT2D eigenvalue weighted by atomic mass is 9.87. The third-order valence-corrected chi connectivity index (χ3v) is 8.36. The zero-order valence-electron chi connectivity index (χ0n) is 23.7. The first-order chi connectivity index (χ1) is 20.1. The Morgan fingerprint density at radius 2 is 1.83 bits per heavy atom. The zero-order valence-corrected chi connectivity index (χ0v) is 25.2. The van der Waals surface area contributed by atoms with Gasteiger partial charge in [-0.15, -0.1) is 0 Å². The van der Waals surface area contributed by atoms with Crippen molar-refractivity contribution in [3.63, 3.8) is 0 Å². The first-order valence-corrected chi connectivity index (χ1v) is 16.1. The van der Waals surface area contributed by atoms with Crippen molar-refractivity contribution in [2.75, 3.05) is 39.6 Å². The summed E-state index contributed by atoms with van der Waals surface area (Å²) in [5, 5.41) is 0.721. The molecule has 9 nitrogen and oxygen atoms in total. The fourth-order valence-electron chi connectivity index (χ4n) is 5.39. The van der Waals surface area contributed by atoms with Gasteiger partial charge in [0, 0.05) is 43.9 Å². The van der Waals surface area contributed by atoms with Crippen LogP contribution >= 0.6 is 11.6 Å². The molecule has 3 aromatic carbocycles. The summed E-state index contributed by atoms with van der Waals surface area (Å²) in [6.45, 7) is 2.81. The average molecular weight is 615 g/mol. The molecule has 5 rings (SSSR count). The lowest BCUT2D eigenvalue weighted by Crippen LogP contribution is -2.49. The number of rotatable bonds is 11. The van der Waals surface area contributed by atoms with Gasteiger partial charge < -0.3 is 23.8 Å². The molecule has 2 aliphatic heterocycles. The number of amides is 1. The highest BCUT2D eigenvalue weighted by Crippen LogP contribution is 2.42. The third kappa shape index (κ3) is 7.74. The normalized spacial score (nSPS) is 16.8. The minimum Gasteiger partial charge on any atom is -0.497 e. The molecule has 1 amide bonds. The van der Waals surface area contributed by atoms with Gasteiger partial charge in [-0.1, -0.05) is 35.9 Å². The quantitative estimate of drug-likeness (QED) is 0.337. The molecule has 1 spiro atoms. The van der Waals surface area contributed by atoms with Gasteiger partial charge in [0.15, 0.2) is 0 Å². The van der Waals surface area contributed by atoms with Gasteiger partial charge in [-0.3, -0.25) is 4.79 Å². The van der Waals surface area contributed by atoms with Crippen LogP contribution in [0.3, 0.4) is 0 Å². The van der Waals surface area contributed by atoms with Crippen molar-refractivity contribution in [1.29, 1.82) is 0 Å². The molecule has 1 fully saturated rings. The smallest absolute Gasteiger partial charge is 0.268 e. The molecule has 224 valence electrons. The number of likely N-dealkylation sites (tertiary alicyclic amines) is 1. The first kappa shape index (κ1) is 30.2. The van der Waals surface area contributed by atoms with Crippen molar-refractivity contribution in [1.82, 2.24) is 9.62 Å². The Morgan fingerprint density at radius 1 is 1.10 bits per heavy atom. The van der Waals surface area contributed by atoms with Gasteiger partial charge in [-0.2, -0.15) is 0 Å². The van der Waals surface area contributed by atoms with E-state index in [-0.39, 0.29) is 29.6 Å². The predicted molar refractivity (Wildman–Crippen MR) is 160 cm³/mol. The summed E-state index contributed by atoms with van der Waals surface area (Å²) >= 11 is 6.20. The number of hydrogen-bond acceptors (Lipinski definition) is 8. The highest BCUT2D eigenvalue weighted by atomic mass is 35.5. The Morgan fingerprint density at radius 3 is 2.55 bits per heavy atom. The van der Waals surface area contributed by atoms with Crippen LogP contribution in [0.5, 0.6) is 17.2 Å². The van der Waals surface area contributed by atoms with Gasteiger partial charge >= 0.3 is 0 Å². The molecule has 1 atom stereocenters. The lowest BCUT2D eigenvalue weighted by molar-refractivity contribution is -0.0343. The van der Waals surface area contributed by atoms with Crippen LogP contribution in [-0.4, -0.2) is 70.5 Å². The number of fused-ring (bicyclic) bond motifs is 1. The van der Waals surface area contributed by atoms with Crippen LogP contribution < -0.4 is 18.9 Å². The molecule has 2 heterocycles. The van der Waals surface area contributed by atoms with E-state index in [1.54, 1.807) is 25.3 Å². The number of halogens is 1. The molecular formula is C31H35ClN2O7S. The number of nitrogens with zero attached hydrogens (tertiary/aromatic N) is 1. The molecule has 11 heteroatoms. The summed E-state index contributed by atoms with van der Waals surface area (Å²) in [7, 11) is -2.10. The van der Waals surface area contributed by atoms with Crippen LogP contribution in [0.1, 0.15) is 34.3 Å². The molecule has 2 aliphatic rings. The van der Waals surface area contributed by atoms with Crippen LogP contribution in [0.15, 0.2) is 66.7 Å². The van der Waals surface area contributed by atoms with Crippen molar-refractivity contribution in [2.45, 2.75) is 37.6 Å². The number of carbonyl (C=O) groups is 1. The molecule has 1 N–H and O–H groups in total. The van der Waals surface area contributed by atoms with Gasteiger partial charge in [0.1, 0.15) is 35.6 Å². The Labute approximate surface area is 251 Å². The molecule has 0 aromatic heterocycles. The molecule has 0 unspecified atom stereocenters. The number of nitrogens with one attached hydrogen (secondary N) is 1. The van der Waals surface area contributed by atoms with Crippen LogP contribution in [0.25, 0.3) is 0 Å². The number of carbonyl (C=O) groups excluding carboxylic acids is 1. The van der Waals surface area contributed by atoms with Crippen molar-refractivity contribution in [3.05, 3.63) is 88.4 Å². The van der Waals surface area contributed by atoms with Crippen LogP contribution in [0.2, 0.25) is 5.02 Å². The fraction of sp³-hybridized carbons (Fsp3) is 0.387. The van der Waals surface area contributed by atoms with Gasteiger partial charge in [0.05, 0.1) is 25.5 Å². The summed E-state index contributed by atoms with van der Waals surface area (Å²) in [5.41, 5.74) is 2.06. The molecule has 0 bridgehead atoms. The lowest BCUT2D eigenvalue weighted by Gasteiger charge is -2.39. The van der Waals surface area contributed by atoms with E-state index in [1.807, 2.05) is 47.2 Å². The highest BCUT2D eigenvalue weighted by molar-refractivity contribution is 7.89. The predicted octanol–water partition coefficient (Wildman–Crippen LogP) is 4.47. The number of piperidine rings is 1. The largest absolute Gasteiger partial charge is 0.497 e. The maximum atomic E-state index is 12.6. The topological polar surface area (TPSA) is 103 Å². The number of sulfonamides is 1. The molecule has 0 radical (unpaired) electrons. The number of benzene rings is 3. The van der Waals surface area contributed by atoms with Crippen molar-refractivity contribution in [2.24, 2.45) is 0 Å². The van der Waals surface area contributed by atoms with E-state index in [4.69, 9.17) is 30.5 Å². The Kier molecular flexibility index (Phi) is 9.27. The van der Waals surface area contributed by atoms with E-state index in [0.29, 0.717) is 13.2 Å². The SMILES string of the molecule is COc1ccc(CO[C@@H](COc2ccccc2C(=O)NS(C)(=O)=O)CN2CCC3(CC2)Cc2cc(Cl)ccc2O3)cc1. The molecule has 1 saturated heterocycles. The van der Waals surface area contributed by atoms with E-state index in [0.717, 1.165) is 66.3 Å². The van der Waals surface area contributed by atoms with Crippen LogP contribution in [0.4, 0.5) is 0 Å². The third-order valence-electron chi connectivity index (χ3n) is 7.57. The van der Waals surface area contributed by atoms with Crippen molar-refractivity contribution < 1.29 is 32.2 Å². The van der Waals surface area contributed by atoms with E-state index < -0.39 is 15.9 Å². The maximum absolute atomic E-state index is 12.6. The van der Waals surface area contributed by atoms with Crippen molar-refractivity contribution >= 4 is 27.5 Å².